The van der Waals surface area contributed by atoms with Crippen molar-refractivity contribution in [3.05, 3.63) is 24.0 Å². The molecule has 0 saturated carbocycles. The molecule has 0 aromatic carbocycles. The predicted molar refractivity (Wildman–Crippen MR) is 78.0 cm³/mol. The zero-order chi connectivity index (χ0) is 16.1. The first-order chi connectivity index (χ1) is 10.5. The van der Waals surface area contributed by atoms with Gasteiger partial charge >= 0.3 is 7.12 Å². The van der Waals surface area contributed by atoms with E-state index in [9.17, 15) is 19.6 Å². The van der Waals surface area contributed by atoms with E-state index < -0.39 is 19.0 Å². The fraction of sp³-hybridized carbons (Fsp3) is 0.462. The molecule has 2 heterocycles. The van der Waals surface area contributed by atoms with E-state index in [1.165, 1.54) is 30.5 Å². The van der Waals surface area contributed by atoms with E-state index in [0.29, 0.717) is 25.1 Å². The van der Waals surface area contributed by atoms with E-state index in [2.05, 4.69) is 10.3 Å². The van der Waals surface area contributed by atoms with Crippen molar-refractivity contribution in [3.8, 4) is 5.75 Å². The Balaban J connectivity index is 1.95. The number of methoxy groups -OCH3 is 1. The second-order valence-electron chi connectivity index (χ2n) is 4.97. The number of nitrogens with one attached hydrogen (secondary N) is 1. The topological polar surface area (TPSA) is 112 Å². The molecule has 3 N–H and O–H groups in total. The number of ether oxygens (including phenoxy) is 1. The first-order valence-corrected chi connectivity index (χ1v) is 6.96. The predicted octanol–water partition coefficient (Wildman–Crippen LogP) is -1.18. The van der Waals surface area contributed by atoms with Crippen LogP contribution in [0.2, 0.25) is 0 Å². The third-order valence-electron chi connectivity index (χ3n) is 3.61. The number of rotatable bonds is 5. The lowest BCUT2D eigenvalue weighted by Gasteiger charge is -2.24. The molecule has 1 aromatic rings. The molecular formula is C13H18BN3O5. The molecule has 1 atom stereocenters. The van der Waals surface area contributed by atoms with E-state index >= 15 is 0 Å². The molecular weight excluding hydrogens is 289 g/mol. The van der Waals surface area contributed by atoms with Crippen molar-refractivity contribution in [3.63, 3.8) is 0 Å². The summed E-state index contributed by atoms with van der Waals surface area (Å²) in [6, 6.07) is 1.49. The van der Waals surface area contributed by atoms with Crippen molar-refractivity contribution in [1.29, 1.82) is 0 Å². The molecule has 2 rings (SSSR count). The average molecular weight is 307 g/mol. The number of likely N-dealkylation sites (tertiary alicyclic amines) is 1. The van der Waals surface area contributed by atoms with Gasteiger partial charge in [0.05, 0.1) is 31.4 Å². The Bertz CT molecular complexity index is 554. The quantitative estimate of drug-likeness (QED) is 0.591. The van der Waals surface area contributed by atoms with Gasteiger partial charge in [-0.15, -0.1) is 0 Å². The number of hydrogen-bond acceptors (Lipinski definition) is 6. The minimum atomic E-state index is -1.57. The minimum absolute atomic E-state index is 0.215. The molecule has 1 aliphatic heterocycles. The maximum Gasteiger partial charge on any atom is 0.475 e. The second-order valence-corrected chi connectivity index (χ2v) is 4.97. The Morgan fingerprint density at radius 1 is 1.55 bits per heavy atom. The van der Waals surface area contributed by atoms with Crippen LogP contribution >= 0.6 is 0 Å². The van der Waals surface area contributed by atoms with Crippen LogP contribution in [-0.4, -0.2) is 65.0 Å². The van der Waals surface area contributed by atoms with Gasteiger partial charge in [0.2, 0.25) is 5.91 Å². The molecule has 1 aliphatic rings. The maximum absolute atomic E-state index is 12.1. The summed E-state index contributed by atoms with van der Waals surface area (Å²) < 4.78 is 5.04. The van der Waals surface area contributed by atoms with E-state index in [-0.39, 0.29) is 18.0 Å². The highest BCUT2D eigenvalue weighted by molar-refractivity contribution is 6.43. The Morgan fingerprint density at radius 2 is 2.32 bits per heavy atom. The van der Waals surface area contributed by atoms with Crippen LogP contribution in [0.25, 0.3) is 0 Å². The smallest absolute Gasteiger partial charge is 0.475 e. The Labute approximate surface area is 128 Å². The first-order valence-electron chi connectivity index (χ1n) is 6.96. The maximum atomic E-state index is 12.1. The van der Waals surface area contributed by atoms with Crippen molar-refractivity contribution < 1.29 is 24.4 Å². The van der Waals surface area contributed by atoms with Gasteiger partial charge in [-0.2, -0.15) is 0 Å². The van der Waals surface area contributed by atoms with E-state index in [1.54, 1.807) is 0 Å². The van der Waals surface area contributed by atoms with Crippen LogP contribution in [-0.2, 0) is 4.79 Å². The minimum Gasteiger partial charge on any atom is -0.494 e. The van der Waals surface area contributed by atoms with Crippen LogP contribution in [0.1, 0.15) is 23.2 Å². The second kappa shape index (κ2) is 7.23. The van der Waals surface area contributed by atoms with Gasteiger partial charge in [-0.25, -0.2) is 0 Å². The van der Waals surface area contributed by atoms with E-state index in [1.807, 2.05) is 0 Å². The molecule has 1 unspecified atom stereocenters. The molecule has 1 fully saturated rings. The molecule has 1 aromatic heterocycles. The summed E-state index contributed by atoms with van der Waals surface area (Å²) in [5.41, 5.74) is 0.283. The molecule has 0 bridgehead atoms. The Kier molecular flexibility index (Phi) is 5.34. The van der Waals surface area contributed by atoms with Gasteiger partial charge in [0.1, 0.15) is 5.75 Å². The number of pyridine rings is 1. The van der Waals surface area contributed by atoms with Crippen LogP contribution in [0.15, 0.2) is 18.5 Å². The van der Waals surface area contributed by atoms with Crippen molar-refractivity contribution >= 4 is 18.9 Å². The normalized spacial score (nSPS) is 17.2. The van der Waals surface area contributed by atoms with Crippen LogP contribution in [0.5, 0.6) is 5.75 Å². The summed E-state index contributed by atoms with van der Waals surface area (Å²) in [6.45, 7) is 0.239. The summed E-state index contributed by atoms with van der Waals surface area (Å²) >= 11 is 0. The van der Waals surface area contributed by atoms with Crippen molar-refractivity contribution in [2.45, 2.75) is 18.8 Å². The number of aromatic nitrogens is 1. The standard InChI is InChI=1S/C13H18BN3O5/c1-22-10-7-15-5-4-9(10)13(19)16-8-12(18)17-6-2-3-11(17)14(20)21/h4-5,7,11,20-21H,2-3,6,8H2,1H3,(H,16,19). The van der Waals surface area contributed by atoms with Gasteiger partial charge in [0.15, 0.2) is 0 Å². The SMILES string of the molecule is COc1cnccc1C(=O)NCC(=O)N1CCCC1B(O)O. The highest BCUT2D eigenvalue weighted by atomic mass is 16.5. The van der Waals surface area contributed by atoms with Crippen molar-refractivity contribution in [2.24, 2.45) is 0 Å². The molecule has 118 valence electrons. The number of carbonyl (C=O) groups excluding carboxylic acids is 2. The molecule has 0 spiro atoms. The summed E-state index contributed by atoms with van der Waals surface area (Å²) in [6.07, 6.45) is 4.11. The average Bonchev–Trinajstić information content (AvgIpc) is 3.02. The third kappa shape index (κ3) is 3.55. The van der Waals surface area contributed by atoms with Gasteiger partial charge < -0.3 is 25.0 Å². The van der Waals surface area contributed by atoms with Gasteiger partial charge in [-0.05, 0) is 18.9 Å². The summed E-state index contributed by atoms with van der Waals surface area (Å²) in [4.78, 5) is 29.4. The van der Waals surface area contributed by atoms with Crippen LogP contribution in [0.3, 0.4) is 0 Å². The fourth-order valence-corrected chi connectivity index (χ4v) is 2.49. The molecule has 0 aliphatic carbocycles. The Morgan fingerprint density at radius 3 is 3.00 bits per heavy atom. The molecule has 1 saturated heterocycles. The number of hydrogen-bond donors (Lipinski definition) is 3. The molecule has 9 heteroatoms. The monoisotopic (exact) mass is 307 g/mol. The van der Waals surface area contributed by atoms with Gasteiger partial charge in [0.25, 0.3) is 5.91 Å². The molecule has 0 radical (unpaired) electrons. The fourth-order valence-electron chi connectivity index (χ4n) is 2.49. The molecule has 8 nitrogen and oxygen atoms in total. The molecule has 22 heavy (non-hydrogen) atoms. The first kappa shape index (κ1) is 16.2. The summed E-state index contributed by atoms with van der Waals surface area (Å²) in [7, 11) is -0.140. The largest absolute Gasteiger partial charge is 0.494 e. The highest BCUT2D eigenvalue weighted by Crippen LogP contribution is 2.18. The summed E-state index contributed by atoms with van der Waals surface area (Å²) in [5, 5.41) is 21.0. The lowest BCUT2D eigenvalue weighted by atomic mass is 9.78. The summed E-state index contributed by atoms with van der Waals surface area (Å²) in [5.74, 6) is -1.10. The van der Waals surface area contributed by atoms with Gasteiger partial charge in [-0.3, -0.25) is 14.6 Å². The highest BCUT2D eigenvalue weighted by Gasteiger charge is 2.36. The van der Waals surface area contributed by atoms with Crippen LogP contribution in [0, 0.1) is 0 Å². The van der Waals surface area contributed by atoms with Gasteiger partial charge in [-0.1, -0.05) is 0 Å². The molecule has 2 amide bonds. The Hall–Kier alpha value is -2.13. The zero-order valence-electron chi connectivity index (χ0n) is 12.2. The zero-order valence-corrected chi connectivity index (χ0v) is 12.2. The lowest BCUT2D eigenvalue weighted by Crippen LogP contribution is -2.48. The number of carbonyl (C=O) groups is 2. The van der Waals surface area contributed by atoms with Crippen molar-refractivity contribution in [2.75, 3.05) is 20.2 Å². The number of amides is 2. The van der Waals surface area contributed by atoms with Crippen LogP contribution in [0.4, 0.5) is 0 Å². The third-order valence-corrected chi connectivity index (χ3v) is 3.61. The lowest BCUT2D eigenvalue weighted by molar-refractivity contribution is -0.130. The van der Waals surface area contributed by atoms with E-state index in [0.717, 1.165) is 0 Å². The van der Waals surface area contributed by atoms with Crippen molar-refractivity contribution in [1.82, 2.24) is 15.2 Å². The van der Waals surface area contributed by atoms with E-state index in [4.69, 9.17) is 4.74 Å². The number of nitrogens with zero attached hydrogens (tertiary/aromatic N) is 2. The van der Waals surface area contributed by atoms with Gasteiger partial charge in [0, 0.05) is 12.7 Å². The van der Waals surface area contributed by atoms with Crippen LogP contribution < -0.4 is 10.1 Å².